The molecule has 13 heteroatoms. The molecule has 1 aliphatic rings. The molecule has 0 atom stereocenters. The van der Waals surface area contributed by atoms with Crippen molar-refractivity contribution in [3.63, 3.8) is 0 Å². The third kappa shape index (κ3) is 5.13. The van der Waals surface area contributed by atoms with Gasteiger partial charge in [0.1, 0.15) is 18.1 Å². The number of aromatic nitrogens is 2. The highest BCUT2D eigenvalue weighted by Crippen LogP contribution is 2.37. The van der Waals surface area contributed by atoms with E-state index in [1.54, 1.807) is 6.07 Å². The minimum absolute atomic E-state index is 0.301. The van der Waals surface area contributed by atoms with Crippen LogP contribution in [0.5, 0.6) is 0 Å². The molecular weight excluding hydrogens is 446 g/mol. The Hall–Kier alpha value is -2.73. The average molecular weight is 464 g/mol. The van der Waals surface area contributed by atoms with Crippen LogP contribution in [0.3, 0.4) is 0 Å². The van der Waals surface area contributed by atoms with E-state index in [0.29, 0.717) is 42.4 Å². The Morgan fingerprint density at radius 1 is 1.26 bits per heavy atom. The molecule has 3 rings (SSSR count). The number of nitro groups is 1. The topological polar surface area (TPSA) is 84.5 Å². The Morgan fingerprint density at radius 2 is 1.90 bits per heavy atom. The highest BCUT2D eigenvalue weighted by Gasteiger charge is 2.44. The van der Waals surface area contributed by atoms with Gasteiger partial charge in [-0.05, 0) is 24.6 Å². The molecule has 0 aliphatic carbocycles. The number of halogens is 5. The molecule has 0 radical (unpaired) electrons. The van der Waals surface area contributed by atoms with E-state index in [1.165, 1.54) is 17.0 Å². The summed E-state index contributed by atoms with van der Waals surface area (Å²) < 4.78 is 53.0. The van der Waals surface area contributed by atoms with Gasteiger partial charge in [-0.3, -0.25) is 24.5 Å². The first-order valence-corrected chi connectivity index (χ1v) is 9.58. The van der Waals surface area contributed by atoms with Gasteiger partial charge in [-0.15, -0.1) is 0 Å². The maximum atomic E-state index is 13.2. The molecule has 0 saturated carbocycles. The van der Waals surface area contributed by atoms with Crippen LogP contribution in [-0.2, 0) is 24.1 Å². The Balaban J connectivity index is 1.63. The minimum Gasteiger partial charge on any atom is -0.339 e. The second-order valence-corrected chi connectivity index (χ2v) is 7.50. The Morgan fingerprint density at radius 3 is 2.42 bits per heavy atom. The second-order valence-electron chi connectivity index (χ2n) is 7.09. The Kier molecular flexibility index (Phi) is 6.51. The number of amides is 1. The lowest BCUT2D eigenvalue weighted by Gasteiger charge is -2.35. The summed E-state index contributed by atoms with van der Waals surface area (Å²) in [7, 11) is 0. The van der Waals surface area contributed by atoms with Crippen molar-refractivity contribution >= 4 is 23.2 Å². The van der Waals surface area contributed by atoms with Crippen LogP contribution in [0.4, 0.5) is 23.2 Å². The third-order valence-corrected chi connectivity index (χ3v) is 5.40. The average Bonchev–Trinajstić information content (AvgIpc) is 3.01. The van der Waals surface area contributed by atoms with Crippen LogP contribution in [0, 0.1) is 22.9 Å². The van der Waals surface area contributed by atoms with E-state index in [4.69, 9.17) is 11.6 Å². The molecule has 2 aromatic rings. The summed E-state index contributed by atoms with van der Waals surface area (Å²) in [6.45, 7) is 2.63. The third-order valence-electron chi connectivity index (χ3n) is 5.05. The van der Waals surface area contributed by atoms with Gasteiger partial charge in [-0.25, -0.2) is 4.39 Å². The number of carbonyl (C=O) groups is 1. The SMILES string of the molecule is Cc1c([N+](=O)[O-])c(C(F)(F)F)nn1CC(=O)N1CCN(Cc2ccc(F)cc2Cl)CC1. The van der Waals surface area contributed by atoms with Gasteiger partial charge in [0.15, 0.2) is 0 Å². The van der Waals surface area contributed by atoms with E-state index in [1.807, 2.05) is 4.90 Å². The van der Waals surface area contributed by atoms with Gasteiger partial charge in [-0.2, -0.15) is 18.3 Å². The molecule has 0 bridgehead atoms. The highest BCUT2D eigenvalue weighted by atomic mass is 35.5. The zero-order chi connectivity index (χ0) is 22.9. The molecule has 2 heterocycles. The van der Waals surface area contributed by atoms with E-state index in [0.717, 1.165) is 12.5 Å². The zero-order valence-electron chi connectivity index (χ0n) is 16.3. The first-order valence-electron chi connectivity index (χ1n) is 9.20. The predicted molar refractivity (Wildman–Crippen MR) is 102 cm³/mol. The molecule has 31 heavy (non-hydrogen) atoms. The van der Waals surface area contributed by atoms with Crippen molar-refractivity contribution in [1.82, 2.24) is 19.6 Å². The number of rotatable bonds is 5. The lowest BCUT2D eigenvalue weighted by atomic mass is 10.2. The van der Waals surface area contributed by atoms with Crippen LogP contribution in [0.25, 0.3) is 0 Å². The quantitative estimate of drug-likeness (QED) is 0.386. The van der Waals surface area contributed by atoms with Crippen LogP contribution in [-0.4, -0.2) is 56.6 Å². The molecule has 168 valence electrons. The number of benzene rings is 1. The molecule has 1 amide bonds. The fourth-order valence-electron chi connectivity index (χ4n) is 3.37. The number of carbonyl (C=O) groups excluding carboxylic acids is 1. The molecule has 8 nitrogen and oxygen atoms in total. The van der Waals surface area contributed by atoms with Crippen molar-refractivity contribution < 1.29 is 27.3 Å². The Bertz CT molecular complexity index is 1000. The van der Waals surface area contributed by atoms with Crippen LogP contribution in [0.15, 0.2) is 18.2 Å². The van der Waals surface area contributed by atoms with Crippen molar-refractivity contribution in [2.45, 2.75) is 26.2 Å². The van der Waals surface area contributed by atoms with E-state index < -0.39 is 40.8 Å². The lowest BCUT2D eigenvalue weighted by molar-refractivity contribution is -0.388. The van der Waals surface area contributed by atoms with Gasteiger partial charge in [0.25, 0.3) is 0 Å². The Labute approximate surface area is 179 Å². The monoisotopic (exact) mass is 463 g/mol. The van der Waals surface area contributed by atoms with Gasteiger partial charge in [0.2, 0.25) is 11.6 Å². The van der Waals surface area contributed by atoms with Gasteiger partial charge in [-0.1, -0.05) is 17.7 Å². The molecular formula is C18H18ClF4N5O3. The molecule has 1 aliphatic heterocycles. The van der Waals surface area contributed by atoms with Crippen LogP contribution < -0.4 is 0 Å². The van der Waals surface area contributed by atoms with E-state index in [2.05, 4.69) is 5.10 Å². The number of alkyl halides is 3. The summed E-state index contributed by atoms with van der Waals surface area (Å²) in [5, 5.41) is 14.6. The largest absolute Gasteiger partial charge is 0.442 e. The predicted octanol–water partition coefficient (Wildman–Crippen LogP) is 3.26. The standard InChI is InChI=1S/C18H18ClF4N5O3/c1-11-16(28(30)31)17(18(21,22)23)24-27(11)10-15(29)26-6-4-25(5-7-26)9-12-2-3-13(20)8-14(12)19/h2-3,8H,4-7,9-10H2,1H3. The summed E-state index contributed by atoms with van der Waals surface area (Å²) in [6.07, 6.45) is -5.01. The smallest absolute Gasteiger partial charge is 0.339 e. The van der Waals surface area contributed by atoms with E-state index in [9.17, 15) is 32.5 Å². The van der Waals surface area contributed by atoms with Crippen LogP contribution in [0.1, 0.15) is 17.0 Å². The van der Waals surface area contributed by atoms with Crippen LogP contribution in [0.2, 0.25) is 5.02 Å². The fraction of sp³-hybridized carbons (Fsp3) is 0.444. The zero-order valence-corrected chi connectivity index (χ0v) is 17.1. The number of hydrogen-bond acceptors (Lipinski definition) is 5. The minimum atomic E-state index is -5.01. The molecule has 1 aromatic heterocycles. The normalized spacial score (nSPS) is 15.4. The number of piperazine rings is 1. The van der Waals surface area contributed by atoms with Gasteiger partial charge in [0.05, 0.1) is 4.92 Å². The summed E-state index contributed by atoms with van der Waals surface area (Å²) in [5.41, 5.74) is -2.37. The molecule has 0 spiro atoms. The molecule has 0 unspecified atom stereocenters. The molecule has 1 aromatic carbocycles. The highest BCUT2D eigenvalue weighted by molar-refractivity contribution is 6.31. The number of nitrogens with zero attached hydrogens (tertiary/aromatic N) is 5. The van der Waals surface area contributed by atoms with Crippen molar-refractivity contribution in [2.75, 3.05) is 26.2 Å². The maximum Gasteiger partial charge on any atom is 0.442 e. The maximum absolute atomic E-state index is 13.2. The molecule has 1 fully saturated rings. The summed E-state index contributed by atoms with van der Waals surface area (Å²) in [6, 6.07) is 4.11. The fourth-order valence-corrected chi connectivity index (χ4v) is 3.60. The lowest BCUT2D eigenvalue weighted by Crippen LogP contribution is -2.49. The first-order chi connectivity index (χ1) is 14.5. The van der Waals surface area contributed by atoms with Crippen molar-refractivity contribution in [3.8, 4) is 0 Å². The van der Waals surface area contributed by atoms with E-state index in [-0.39, 0.29) is 5.69 Å². The first kappa shape index (κ1) is 22.9. The van der Waals surface area contributed by atoms with Gasteiger partial charge < -0.3 is 4.90 Å². The van der Waals surface area contributed by atoms with E-state index >= 15 is 0 Å². The van der Waals surface area contributed by atoms with Crippen molar-refractivity contribution in [1.29, 1.82) is 0 Å². The van der Waals surface area contributed by atoms with Gasteiger partial charge >= 0.3 is 11.9 Å². The van der Waals surface area contributed by atoms with Crippen molar-refractivity contribution in [2.24, 2.45) is 0 Å². The summed E-state index contributed by atoms with van der Waals surface area (Å²) >= 11 is 6.03. The summed E-state index contributed by atoms with van der Waals surface area (Å²) in [4.78, 5) is 25.9. The molecule has 0 N–H and O–H groups in total. The van der Waals surface area contributed by atoms with Crippen LogP contribution >= 0.6 is 11.6 Å². The van der Waals surface area contributed by atoms with Crippen molar-refractivity contribution in [3.05, 3.63) is 56.1 Å². The molecule has 1 saturated heterocycles. The second kappa shape index (κ2) is 8.79. The van der Waals surface area contributed by atoms with Gasteiger partial charge in [0, 0.05) is 37.7 Å². The number of hydrogen-bond donors (Lipinski definition) is 0. The summed E-state index contributed by atoms with van der Waals surface area (Å²) in [5.74, 6) is -0.930.